The van der Waals surface area contributed by atoms with Crippen LogP contribution < -0.4 is 4.90 Å². The molecule has 0 aliphatic carbocycles. The van der Waals surface area contributed by atoms with E-state index < -0.39 is 0 Å². The molecule has 0 unspecified atom stereocenters. The lowest BCUT2D eigenvalue weighted by Gasteiger charge is -2.26. The van der Waals surface area contributed by atoms with Gasteiger partial charge in [-0.3, -0.25) is 0 Å². The third-order valence-corrected chi connectivity index (χ3v) is 10.1. The van der Waals surface area contributed by atoms with Crippen LogP contribution in [0.25, 0.3) is 87.7 Å². The van der Waals surface area contributed by atoms with Gasteiger partial charge in [-0.1, -0.05) is 84.9 Å². The van der Waals surface area contributed by atoms with Crippen molar-refractivity contribution in [1.29, 1.82) is 0 Å². The summed E-state index contributed by atoms with van der Waals surface area (Å²) in [5, 5.41) is 8.93. The quantitative estimate of drug-likeness (QED) is 0.192. The topological polar surface area (TPSA) is 42.7 Å². The van der Waals surface area contributed by atoms with Crippen molar-refractivity contribution in [1.82, 2.24) is 0 Å². The Kier molecular flexibility index (Phi) is 5.63. The molecule has 0 fully saturated rings. The summed E-state index contributed by atoms with van der Waals surface area (Å²) in [5.74, 6) is 0. The predicted molar refractivity (Wildman–Crippen MR) is 206 cm³/mol. The average Bonchev–Trinajstić information content (AvgIpc) is 3.86. The first kappa shape index (κ1) is 27.2. The van der Waals surface area contributed by atoms with Crippen LogP contribution in [0.15, 0.2) is 177 Å². The Morgan fingerprint density at radius 1 is 0.300 bits per heavy atom. The molecule has 0 aliphatic heterocycles. The number of para-hydroxylation sites is 3. The number of rotatable bonds is 4. The monoisotopic (exact) mass is 641 g/mol. The molecule has 0 spiro atoms. The van der Waals surface area contributed by atoms with E-state index in [4.69, 9.17) is 13.3 Å². The Balaban J connectivity index is 1.06. The predicted octanol–water partition coefficient (Wildman–Crippen LogP) is 13.7. The van der Waals surface area contributed by atoms with Gasteiger partial charge >= 0.3 is 0 Å². The number of nitrogens with zero attached hydrogens (tertiary/aromatic N) is 1. The van der Waals surface area contributed by atoms with Crippen LogP contribution in [0.1, 0.15) is 0 Å². The molecule has 0 saturated heterocycles. The molecule has 11 rings (SSSR count). The molecule has 234 valence electrons. The van der Waals surface area contributed by atoms with Crippen LogP contribution in [0.3, 0.4) is 0 Å². The Hall–Kier alpha value is -6.78. The lowest BCUT2D eigenvalue weighted by Crippen LogP contribution is -2.09. The van der Waals surface area contributed by atoms with Gasteiger partial charge in [-0.15, -0.1) is 0 Å². The van der Waals surface area contributed by atoms with Crippen molar-refractivity contribution in [3.05, 3.63) is 164 Å². The Morgan fingerprint density at radius 3 is 1.40 bits per heavy atom. The van der Waals surface area contributed by atoms with Gasteiger partial charge in [0.05, 0.1) is 0 Å². The van der Waals surface area contributed by atoms with Gasteiger partial charge in [0.15, 0.2) is 0 Å². The van der Waals surface area contributed by atoms with Gasteiger partial charge in [-0.2, -0.15) is 0 Å². The number of anilines is 3. The number of fused-ring (bicyclic) bond motifs is 11. The summed E-state index contributed by atoms with van der Waals surface area (Å²) < 4.78 is 18.8. The van der Waals surface area contributed by atoms with E-state index in [0.717, 1.165) is 105 Å². The maximum absolute atomic E-state index is 6.39. The van der Waals surface area contributed by atoms with Gasteiger partial charge in [0, 0.05) is 54.8 Å². The normalized spacial score (nSPS) is 12.0. The minimum absolute atomic E-state index is 0.872. The summed E-state index contributed by atoms with van der Waals surface area (Å²) in [5.41, 5.74) is 10.8. The molecule has 0 saturated carbocycles. The molecule has 8 aromatic carbocycles. The molecule has 3 heterocycles. The highest BCUT2D eigenvalue weighted by Crippen LogP contribution is 2.42. The maximum Gasteiger partial charge on any atom is 0.143 e. The Bertz CT molecular complexity index is 2990. The molecule has 4 heteroatoms. The number of hydrogen-bond donors (Lipinski definition) is 0. The molecule has 0 bridgehead atoms. The fourth-order valence-corrected chi connectivity index (χ4v) is 7.64. The molecular weight excluding hydrogens is 615 g/mol. The summed E-state index contributed by atoms with van der Waals surface area (Å²) in [6.45, 7) is 0. The van der Waals surface area contributed by atoms with Crippen molar-refractivity contribution in [3.8, 4) is 11.1 Å². The van der Waals surface area contributed by atoms with Crippen LogP contribution in [-0.4, -0.2) is 0 Å². The highest BCUT2D eigenvalue weighted by Gasteiger charge is 2.18. The van der Waals surface area contributed by atoms with Gasteiger partial charge in [0.1, 0.15) is 33.5 Å². The zero-order chi connectivity index (χ0) is 32.8. The average molecular weight is 642 g/mol. The molecule has 4 nitrogen and oxygen atoms in total. The van der Waals surface area contributed by atoms with Gasteiger partial charge in [0.25, 0.3) is 0 Å². The second kappa shape index (κ2) is 10.4. The molecule has 50 heavy (non-hydrogen) atoms. The lowest BCUT2D eigenvalue weighted by atomic mass is 9.99. The minimum atomic E-state index is 0.872. The van der Waals surface area contributed by atoms with Crippen LogP contribution in [0, 0.1) is 0 Å². The highest BCUT2D eigenvalue weighted by atomic mass is 16.3. The fraction of sp³-hybridized carbons (Fsp3) is 0. The van der Waals surface area contributed by atoms with E-state index in [1.807, 2.05) is 36.4 Å². The zero-order valence-electron chi connectivity index (χ0n) is 26.8. The highest BCUT2D eigenvalue weighted by molar-refractivity contribution is 6.15. The van der Waals surface area contributed by atoms with E-state index in [-0.39, 0.29) is 0 Å². The van der Waals surface area contributed by atoms with Crippen LogP contribution >= 0.6 is 0 Å². The largest absolute Gasteiger partial charge is 0.456 e. The van der Waals surface area contributed by atoms with Crippen LogP contribution in [0.2, 0.25) is 0 Å². The molecule has 0 atom stereocenters. The summed E-state index contributed by atoms with van der Waals surface area (Å²) in [7, 11) is 0. The van der Waals surface area contributed by atoms with E-state index in [1.165, 1.54) is 0 Å². The SMILES string of the molecule is c1ccc2c(c1)oc1ccc(N(c3ccc(-c4ccc5ccc6c7ccccc7oc6c5c4)cc3)c3ccc4oc5ccccc5c4c3)cc12. The minimum Gasteiger partial charge on any atom is -0.456 e. The summed E-state index contributed by atoms with van der Waals surface area (Å²) in [6.07, 6.45) is 0. The first-order valence-electron chi connectivity index (χ1n) is 16.8. The van der Waals surface area contributed by atoms with Crippen LogP contribution in [0.5, 0.6) is 0 Å². The smallest absolute Gasteiger partial charge is 0.143 e. The van der Waals surface area contributed by atoms with Crippen molar-refractivity contribution < 1.29 is 13.3 Å². The molecule has 0 aliphatic rings. The Morgan fingerprint density at radius 2 is 0.780 bits per heavy atom. The molecule has 0 N–H and O–H groups in total. The molecule has 3 aromatic heterocycles. The van der Waals surface area contributed by atoms with Gasteiger partial charge in [-0.05, 0) is 95.4 Å². The van der Waals surface area contributed by atoms with Crippen LogP contribution in [-0.2, 0) is 0 Å². The lowest BCUT2D eigenvalue weighted by molar-refractivity contribution is 0.668. The van der Waals surface area contributed by atoms with Crippen LogP contribution in [0.4, 0.5) is 17.1 Å². The summed E-state index contributed by atoms with van der Waals surface area (Å²) in [4.78, 5) is 2.31. The van der Waals surface area contributed by atoms with Crippen molar-refractivity contribution in [2.24, 2.45) is 0 Å². The summed E-state index contributed by atoms with van der Waals surface area (Å²) in [6, 6.07) is 57.4. The first-order chi connectivity index (χ1) is 24.7. The molecular formula is C46H27NO3. The van der Waals surface area contributed by atoms with Gasteiger partial charge in [-0.25, -0.2) is 0 Å². The van der Waals surface area contributed by atoms with E-state index in [1.54, 1.807) is 0 Å². The zero-order valence-corrected chi connectivity index (χ0v) is 26.8. The third kappa shape index (κ3) is 4.06. The second-order valence-corrected chi connectivity index (χ2v) is 12.9. The first-order valence-corrected chi connectivity index (χ1v) is 16.8. The van der Waals surface area contributed by atoms with E-state index in [9.17, 15) is 0 Å². The second-order valence-electron chi connectivity index (χ2n) is 12.9. The summed E-state index contributed by atoms with van der Waals surface area (Å²) >= 11 is 0. The molecule has 0 radical (unpaired) electrons. The van der Waals surface area contributed by atoms with Gasteiger partial charge in [0.2, 0.25) is 0 Å². The Labute approximate surface area is 286 Å². The maximum atomic E-state index is 6.39. The van der Waals surface area contributed by atoms with E-state index in [2.05, 4.69) is 132 Å². The van der Waals surface area contributed by atoms with Crippen molar-refractivity contribution >= 4 is 93.7 Å². The van der Waals surface area contributed by atoms with Crippen molar-refractivity contribution in [3.63, 3.8) is 0 Å². The van der Waals surface area contributed by atoms with Crippen molar-refractivity contribution in [2.45, 2.75) is 0 Å². The number of furan rings is 3. The standard InChI is InChI=1S/C46H27NO3/c1-6-12-43-34(7-1)37-22-17-29-13-14-30(25-38(29)46(37)50-43)28-15-18-31(19-16-28)47(32-20-23-44-39(26-32)35-8-2-4-10-41(35)48-44)33-21-24-45-40(27-33)36-9-3-5-11-42(36)49-45/h1-27H. The molecule has 11 aromatic rings. The van der Waals surface area contributed by atoms with E-state index >= 15 is 0 Å². The molecule has 0 amide bonds. The fourth-order valence-electron chi connectivity index (χ4n) is 7.64. The third-order valence-electron chi connectivity index (χ3n) is 10.1. The van der Waals surface area contributed by atoms with Gasteiger partial charge < -0.3 is 18.2 Å². The number of hydrogen-bond acceptors (Lipinski definition) is 4. The van der Waals surface area contributed by atoms with Crippen molar-refractivity contribution in [2.75, 3.05) is 4.90 Å². The van der Waals surface area contributed by atoms with E-state index in [0.29, 0.717) is 0 Å². The number of benzene rings is 8.